The smallest absolute Gasteiger partial charge is 0.270 e. The lowest BCUT2D eigenvalue weighted by molar-refractivity contribution is 0.0768. The van der Waals surface area contributed by atoms with E-state index in [1.807, 2.05) is 18.2 Å². The van der Waals surface area contributed by atoms with Crippen LogP contribution in [0.15, 0.2) is 48.5 Å². The summed E-state index contributed by atoms with van der Waals surface area (Å²) in [5.41, 5.74) is 1.32. The van der Waals surface area contributed by atoms with Crippen molar-refractivity contribution in [1.82, 2.24) is 9.88 Å². The van der Waals surface area contributed by atoms with E-state index in [-0.39, 0.29) is 18.3 Å². The molecule has 0 aliphatic heterocycles. The molecule has 0 bridgehead atoms. The summed E-state index contributed by atoms with van der Waals surface area (Å²) in [6.45, 7) is 0.545. The number of carbonyl (C=O) groups is 1. The van der Waals surface area contributed by atoms with Crippen LogP contribution in [0, 0.1) is 5.82 Å². The van der Waals surface area contributed by atoms with Crippen LogP contribution in [0.3, 0.4) is 0 Å². The summed E-state index contributed by atoms with van der Waals surface area (Å²) in [5, 5.41) is 0.931. The van der Waals surface area contributed by atoms with Crippen molar-refractivity contribution in [3.05, 3.63) is 60.0 Å². The Labute approximate surface area is 145 Å². The summed E-state index contributed by atoms with van der Waals surface area (Å²) in [4.78, 5) is 17.1. The molecule has 3 rings (SSSR count). The fourth-order valence-electron chi connectivity index (χ4n) is 2.51. The minimum atomic E-state index is -0.416. The molecule has 25 heavy (non-hydrogen) atoms. The molecule has 0 aliphatic rings. The number of hydrogen-bond donors (Lipinski definition) is 1. The van der Waals surface area contributed by atoms with Gasteiger partial charge in [0.1, 0.15) is 18.1 Å². The van der Waals surface area contributed by atoms with Crippen LogP contribution in [0.25, 0.3) is 10.9 Å². The van der Waals surface area contributed by atoms with E-state index in [2.05, 4.69) is 4.98 Å². The van der Waals surface area contributed by atoms with Crippen molar-refractivity contribution in [3.8, 4) is 11.5 Å². The van der Waals surface area contributed by atoms with E-state index in [9.17, 15) is 9.18 Å². The van der Waals surface area contributed by atoms with E-state index in [4.69, 9.17) is 9.47 Å². The molecule has 0 spiro atoms. The van der Waals surface area contributed by atoms with Crippen LogP contribution >= 0.6 is 0 Å². The van der Waals surface area contributed by atoms with Crippen molar-refractivity contribution in [2.75, 3.05) is 27.3 Å². The molecular weight excluding hydrogens is 323 g/mol. The van der Waals surface area contributed by atoms with Crippen molar-refractivity contribution in [1.29, 1.82) is 0 Å². The molecule has 130 valence electrons. The minimum Gasteiger partial charge on any atom is -0.497 e. The Morgan fingerprint density at radius 1 is 1.20 bits per heavy atom. The highest BCUT2D eigenvalue weighted by Gasteiger charge is 2.15. The number of halogens is 1. The number of nitrogens with zero attached hydrogens (tertiary/aromatic N) is 1. The first-order chi connectivity index (χ1) is 12.1. The molecule has 1 aromatic heterocycles. The summed E-state index contributed by atoms with van der Waals surface area (Å²) in [6, 6.07) is 13.6. The summed E-state index contributed by atoms with van der Waals surface area (Å²) in [6.07, 6.45) is 0. The zero-order valence-corrected chi connectivity index (χ0v) is 14.1. The van der Waals surface area contributed by atoms with Gasteiger partial charge in [-0.2, -0.15) is 0 Å². The summed E-state index contributed by atoms with van der Waals surface area (Å²) in [5.74, 6) is 0.328. The van der Waals surface area contributed by atoms with E-state index >= 15 is 0 Å². The number of amides is 1. The molecule has 0 radical (unpaired) electrons. The second-order valence-electron chi connectivity index (χ2n) is 5.64. The van der Waals surface area contributed by atoms with Crippen LogP contribution in [0.2, 0.25) is 0 Å². The largest absolute Gasteiger partial charge is 0.497 e. The van der Waals surface area contributed by atoms with Crippen LogP contribution in [-0.4, -0.2) is 43.1 Å². The van der Waals surface area contributed by atoms with Crippen LogP contribution in [0.4, 0.5) is 4.39 Å². The Balaban J connectivity index is 1.63. The molecule has 5 nitrogen and oxygen atoms in total. The number of nitrogens with one attached hydrogen (secondary N) is 1. The number of fused-ring (bicyclic) bond motifs is 1. The van der Waals surface area contributed by atoms with E-state index in [1.54, 1.807) is 38.4 Å². The molecular formula is C19H19FN2O3. The van der Waals surface area contributed by atoms with Gasteiger partial charge in [0, 0.05) is 24.0 Å². The highest BCUT2D eigenvalue weighted by molar-refractivity contribution is 5.98. The maximum atomic E-state index is 13.5. The van der Waals surface area contributed by atoms with Gasteiger partial charge in [0.2, 0.25) is 0 Å². The molecule has 6 heteroatoms. The minimum absolute atomic E-state index is 0.160. The van der Waals surface area contributed by atoms with Gasteiger partial charge in [-0.3, -0.25) is 4.79 Å². The molecule has 3 aromatic rings. The number of ether oxygens (including phenoxy) is 2. The fourth-order valence-corrected chi connectivity index (χ4v) is 2.51. The van der Waals surface area contributed by atoms with E-state index in [1.165, 1.54) is 11.0 Å². The Bertz CT molecular complexity index is 891. The van der Waals surface area contributed by atoms with Gasteiger partial charge >= 0.3 is 0 Å². The molecule has 1 amide bonds. The lowest BCUT2D eigenvalue weighted by Crippen LogP contribution is -2.31. The van der Waals surface area contributed by atoms with E-state index < -0.39 is 5.82 Å². The molecule has 1 N–H and O–H groups in total. The fraction of sp³-hybridized carbons (Fsp3) is 0.211. The third-order valence-electron chi connectivity index (χ3n) is 3.93. The van der Waals surface area contributed by atoms with Crippen molar-refractivity contribution in [3.63, 3.8) is 0 Å². The zero-order valence-electron chi connectivity index (χ0n) is 14.1. The SMILES string of the molecule is COc1ccc2cc(C(=O)N(C)CCOc3ccccc3F)[nH]c2c1. The molecule has 0 aliphatic carbocycles. The van der Waals surface area contributed by atoms with E-state index in [0.717, 1.165) is 16.7 Å². The number of hydrogen-bond acceptors (Lipinski definition) is 3. The summed E-state index contributed by atoms with van der Waals surface area (Å²) in [7, 11) is 3.28. The van der Waals surface area contributed by atoms with Crippen molar-refractivity contribution in [2.45, 2.75) is 0 Å². The Hall–Kier alpha value is -3.02. The van der Waals surface area contributed by atoms with Crippen molar-refractivity contribution < 1.29 is 18.7 Å². The lowest BCUT2D eigenvalue weighted by Gasteiger charge is -2.16. The van der Waals surface area contributed by atoms with E-state index in [0.29, 0.717) is 12.2 Å². The molecule has 0 saturated carbocycles. The number of benzene rings is 2. The number of rotatable bonds is 6. The van der Waals surface area contributed by atoms with Gasteiger partial charge in [0.05, 0.1) is 13.7 Å². The number of likely N-dealkylation sites (N-methyl/N-ethyl adjacent to an activating group) is 1. The van der Waals surface area contributed by atoms with Gasteiger partial charge in [0.25, 0.3) is 5.91 Å². The second-order valence-corrected chi connectivity index (χ2v) is 5.64. The molecule has 0 atom stereocenters. The number of methoxy groups -OCH3 is 1. The molecule has 0 fully saturated rings. The van der Waals surface area contributed by atoms with Crippen LogP contribution < -0.4 is 9.47 Å². The number of para-hydroxylation sites is 1. The zero-order chi connectivity index (χ0) is 17.8. The standard InChI is InChI=1S/C19H19FN2O3/c1-22(9-10-25-18-6-4-3-5-15(18)20)19(23)17-11-13-7-8-14(24-2)12-16(13)21-17/h3-8,11-12,21H,9-10H2,1-2H3. The Kier molecular flexibility index (Phi) is 4.88. The molecule has 0 saturated heterocycles. The third kappa shape index (κ3) is 3.74. The van der Waals surface area contributed by atoms with Crippen molar-refractivity contribution >= 4 is 16.8 Å². The maximum Gasteiger partial charge on any atom is 0.270 e. The number of carbonyl (C=O) groups excluding carboxylic acids is 1. The van der Waals surface area contributed by atoms with Gasteiger partial charge in [-0.15, -0.1) is 0 Å². The average Bonchev–Trinajstić information content (AvgIpc) is 3.05. The average molecular weight is 342 g/mol. The molecule has 2 aromatic carbocycles. The Morgan fingerprint density at radius 3 is 2.76 bits per heavy atom. The monoisotopic (exact) mass is 342 g/mol. The molecule has 1 heterocycles. The molecule has 0 unspecified atom stereocenters. The van der Waals surface area contributed by atoms with Gasteiger partial charge in [-0.1, -0.05) is 12.1 Å². The maximum absolute atomic E-state index is 13.5. The number of aromatic nitrogens is 1. The summed E-state index contributed by atoms with van der Waals surface area (Å²) >= 11 is 0. The van der Waals surface area contributed by atoms with Crippen LogP contribution in [0.1, 0.15) is 10.5 Å². The highest BCUT2D eigenvalue weighted by atomic mass is 19.1. The highest BCUT2D eigenvalue weighted by Crippen LogP contribution is 2.22. The van der Waals surface area contributed by atoms with Crippen LogP contribution in [0.5, 0.6) is 11.5 Å². The third-order valence-corrected chi connectivity index (χ3v) is 3.93. The van der Waals surface area contributed by atoms with Gasteiger partial charge < -0.3 is 19.4 Å². The lowest BCUT2D eigenvalue weighted by atomic mass is 10.2. The van der Waals surface area contributed by atoms with Gasteiger partial charge in [-0.25, -0.2) is 4.39 Å². The second kappa shape index (κ2) is 7.25. The van der Waals surface area contributed by atoms with Gasteiger partial charge in [0.15, 0.2) is 11.6 Å². The number of aromatic amines is 1. The predicted molar refractivity (Wildman–Crippen MR) is 93.7 cm³/mol. The first-order valence-electron chi connectivity index (χ1n) is 7.88. The quantitative estimate of drug-likeness (QED) is 0.746. The van der Waals surface area contributed by atoms with Gasteiger partial charge in [-0.05, 0) is 30.3 Å². The normalized spacial score (nSPS) is 10.7. The van der Waals surface area contributed by atoms with Crippen molar-refractivity contribution in [2.24, 2.45) is 0 Å². The summed E-state index contributed by atoms with van der Waals surface area (Å²) < 4.78 is 24.1. The first-order valence-corrected chi connectivity index (χ1v) is 7.88. The topological polar surface area (TPSA) is 54.6 Å². The van der Waals surface area contributed by atoms with Crippen LogP contribution in [-0.2, 0) is 0 Å². The number of H-pyrrole nitrogens is 1. The first kappa shape index (κ1) is 16.8. The Morgan fingerprint density at radius 2 is 2.00 bits per heavy atom. The predicted octanol–water partition coefficient (Wildman–Crippen LogP) is 3.47.